The molecule has 6 nitrogen and oxygen atoms in total. The molecule has 0 aliphatic carbocycles. The molecule has 1 aliphatic heterocycles. The van der Waals surface area contributed by atoms with Crippen LogP contribution in [0.15, 0.2) is 109 Å². The number of halogens is 1. The first-order valence-electron chi connectivity index (χ1n) is 13.6. The van der Waals surface area contributed by atoms with Crippen LogP contribution in [0.1, 0.15) is 22.3 Å². The summed E-state index contributed by atoms with van der Waals surface area (Å²) in [6, 6.07) is 35.8. The molecule has 5 rings (SSSR count). The zero-order valence-corrected chi connectivity index (χ0v) is 23.9. The molecule has 1 fully saturated rings. The highest BCUT2D eigenvalue weighted by molar-refractivity contribution is 6.30. The molecule has 4 atom stereocenters. The summed E-state index contributed by atoms with van der Waals surface area (Å²) < 4.78 is 30.8. The Morgan fingerprint density at radius 3 is 1.90 bits per heavy atom. The second kappa shape index (κ2) is 13.6. The van der Waals surface area contributed by atoms with E-state index in [0.717, 1.165) is 28.0 Å². The summed E-state index contributed by atoms with van der Waals surface area (Å²) in [5.41, 5.74) is 2.90. The Morgan fingerprint density at radius 1 is 0.780 bits per heavy atom. The normalized spacial score (nSPS) is 20.7. The SMILES string of the molecule is COc1ccc(C(OC[C@H]2[C@@H](OC)O[C@H](CO)[C@H]2OCc2ccc(Cl)cc2)(c2ccccc2)c2ccccc2)cc1. The number of aliphatic hydroxyl groups is 1. The van der Waals surface area contributed by atoms with Crippen molar-refractivity contribution in [2.75, 3.05) is 27.4 Å². The van der Waals surface area contributed by atoms with Crippen molar-refractivity contribution < 1.29 is 28.8 Å². The van der Waals surface area contributed by atoms with E-state index in [1.165, 1.54) is 0 Å². The quantitative estimate of drug-likeness (QED) is 0.203. The summed E-state index contributed by atoms with van der Waals surface area (Å²) >= 11 is 6.06. The van der Waals surface area contributed by atoms with Gasteiger partial charge in [0.25, 0.3) is 0 Å². The van der Waals surface area contributed by atoms with Crippen LogP contribution in [0.25, 0.3) is 0 Å². The van der Waals surface area contributed by atoms with Crippen LogP contribution in [0, 0.1) is 5.92 Å². The second-order valence-corrected chi connectivity index (χ2v) is 10.4. The third-order valence-corrected chi connectivity index (χ3v) is 7.82. The topological polar surface area (TPSA) is 66.4 Å². The highest BCUT2D eigenvalue weighted by Crippen LogP contribution is 2.43. The summed E-state index contributed by atoms with van der Waals surface area (Å²) in [4.78, 5) is 0. The molecule has 0 saturated carbocycles. The highest BCUT2D eigenvalue weighted by Gasteiger charge is 2.48. The van der Waals surface area contributed by atoms with Gasteiger partial charge in [0.1, 0.15) is 17.5 Å². The monoisotopic (exact) mass is 574 g/mol. The molecule has 0 radical (unpaired) electrons. The summed E-state index contributed by atoms with van der Waals surface area (Å²) in [7, 11) is 3.25. The van der Waals surface area contributed by atoms with Crippen molar-refractivity contribution in [1.29, 1.82) is 0 Å². The van der Waals surface area contributed by atoms with Crippen molar-refractivity contribution in [3.63, 3.8) is 0 Å². The molecule has 7 heteroatoms. The molecule has 4 aromatic carbocycles. The van der Waals surface area contributed by atoms with E-state index in [1.54, 1.807) is 14.2 Å². The molecular formula is C34H35ClO6. The van der Waals surface area contributed by atoms with E-state index in [4.69, 9.17) is 35.3 Å². The van der Waals surface area contributed by atoms with E-state index in [9.17, 15) is 5.11 Å². The third-order valence-electron chi connectivity index (χ3n) is 7.56. The molecule has 0 amide bonds. The van der Waals surface area contributed by atoms with Crippen LogP contribution in [0.3, 0.4) is 0 Å². The summed E-state index contributed by atoms with van der Waals surface area (Å²) in [6.45, 7) is 0.356. The Morgan fingerprint density at radius 2 is 1.37 bits per heavy atom. The average molecular weight is 575 g/mol. The van der Waals surface area contributed by atoms with Crippen LogP contribution in [0.2, 0.25) is 5.02 Å². The Hall–Kier alpha value is -3.23. The van der Waals surface area contributed by atoms with Crippen molar-refractivity contribution in [2.45, 2.75) is 30.7 Å². The van der Waals surface area contributed by atoms with E-state index >= 15 is 0 Å². The van der Waals surface area contributed by atoms with Crippen LogP contribution in [-0.2, 0) is 31.2 Å². The van der Waals surface area contributed by atoms with Crippen molar-refractivity contribution in [1.82, 2.24) is 0 Å². The average Bonchev–Trinajstić information content (AvgIpc) is 3.39. The molecule has 214 valence electrons. The van der Waals surface area contributed by atoms with Crippen molar-refractivity contribution >= 4 is 11.6 Å². The molecule has 1 aliphatic rings. The lowest BCUT2D eigenvalue weighted by atomic mass is 9.80. The standard InChI is InChI=1S/C34H35ClO6/c1-37-29-19-15-27(16-20-29)34(25-9-5-3-6-10-25,26-11-7-4-8-12-26)40-23-30-32(31(21-36)41-33(30)38-2)39-22-24-13-17-28(35)18-14-24/h3-20,30-33,36H,21-23H2,1-2H3/t30-,31-,32+,33+/m1/s1. The van der Waals surface area contributed by atoms with Crippen molar-refractivity contribution in [3.05, 3.63) is 136 Å². The number of methoxy groups -OCH3 is 2. The van der Waals surface area contributed by atoms with Gasteiger partial charge < -0.3 is 28.8 Å². The zero-order valence-electron chi connectivity index (χ0n) is 23.2. The number of benzene rings is 4. The maximum Gasteiger partial charge on any atom is 0.165 e. The predicted molar refractivity (Wildman–Crippen MR) is 158 cm³/mol. The summed E-state index contributed by atoms with van der Waals surface area (Å²) in [5.74, 6) is 0.434. The van der Waals surface area contributed by atoms with Gasteiger partial charge in [0.05, 0.1) is 39.0 Å². The molecule has 1 N–H and O–H groups in total. The number of ether oxygens (including phenoxy) is 5. The van der Waals surface area contributed by atoms with E-state index in [2.05, 4.69) is 24.3 Å². The van der Waals surface area contributed by atoms with Crippen LogP contribution in [-0.4, -0.2) is 51.0 Å². The lowest BCUT2D eigenvalue weighted by Crippen LogP contribution is -2.40. The fourth-order valence-corrected chi connectivity index (χ4v) is 5.60. The van der Waals surface area contributed by atoms with Gasteiger partial charge in [0, 0.05) is 12.1 Å². The lowest BCUT2D eigenvalue weighted by Gasteiger charge is -2.37. The summed E-state index contributed by atoms with van der Waals surface area (Å²) in [6.07, 6.45) is -1.66. The van der Waals surface area contributed by atoms with Crippen molar-refractivity contribution in [3.8, 4) is 5.75 Å². The largest absolute Gasteiger partial charge is 0.497 e. The number of hydrogen-bond acceptors (Lipinski definition) is 6. The van der Waals surface area contributed by atoms with E-state index in [0.29, 0.717) is 11.6 Å². The molecule has 1 saturated heterocycles. The molecule has 0 spiro atoms. The van der Waals surface area contributed by atoms with Gasteiger partial charge in [-0.05, 0) is 46.5 Å². The van der Waals surface area contributed by atoms with Crippen LogP contribution in [0.4, 0.5) is 0 Å². The predicted octanol–water partition coefficient (Wildman–Crippen LogP) is 6.22. The molecule has 4 aromatic rings. The molecule has 0 bridgehead atoms. The Kier molecular flexibility index (Phi) is 9.72. The van der Waals surface area contributed by atoms with Gasteiger partial charge in [-0.25, -0.2) is 0 Å². The fourth-order valence-electron chi connectivity index (χ4n) is 5.48. The fraction of sp³-hybridized carbons (Fsp3) is 0.294. The first kappa shape index (κ1) is 29.3. The van der Waals surface area contributed by atoms with E-state index in [-0.39, 0.29) is 19.1 Å². The van der Waals surface area contributed by atoms with E-state index in [1.807, 2.05) is 84.9 Å². The van der Waals surface area contributed by atoms with Crippen LogP contribution < -0.4 is 4.74 Å². The molecular weight excluding hydrogens is 540 g/mol. The molecule has 41 heavy (non-hydrogen) atoms. The van der Waals surface area contributed by atoms with Gasteiger partial charge >= 0.3 is 0 Å². The Labute approximate surface area is 246 Å². The minimum atomic E-state index is -0.953. The van der Waals surface area contributed by atoms with Crippen molar-refractivity contribution in [2.24, 2.45) is 5.92 Å². The number of aliphatic hydroxyl groups excluding tert-OH is 1. The summed E-state index contributed by atoms with van der Waals surface area (Å²) in [5, 5.41) is 10.8. The Balaban J connectivity index is 1.52. The van der Waals surface area contributed by atoms with Crippen LogP contribution in [0.5, 0.6) is 5.75 Å². The van der Waals surface area contributed by atoms with Gasteiger partial charge in [0.15, 0.2) is 6.29 Å². The Bertz CT molecular complexity index is 1310. The molecule has 1 heterocycles. The third kappa shape index (κ3) is 6.33. The maximum atomic E-state index is 10.2. The zero-order chi connectivity index (χ0) is 28.7. The van der Waals surface area contributed by atoms with Gasteiger partial charge in [-0.15, -0.1) is 0 Å². The van der Waals surface area contributed by atoms with Crippen LogP contribution >= 0.6 is 11.6 Å². The van der Waals surface area contributed by atoms with Gasteiger partial charge in [-0.1, -0.05) is 96.5 Å². The first-order chi connectivity index (χ1) is 20.1. The maximum absolute atomic E-state index is 10.2. The number of rotatable bonds is 12. The minimum Gasteiger partial charge on any atom is -0.497 e. The number of hydrogen-bond donors (Lipinski definition) is 1. The highest BCUT2D eigenvalue weighted by atomic mass is 35.5. The smallest absolute Gasteiger partial charge is 0.165 e. The minimum absolute atomic E-state index is 0.206. The van der Waals surface area contributed by atoms with Gasteiger partial charge in [0.2, 0.25) is 0 Å². The molecule has 0 unspecified atom stereocenters. The first-order valence-corrected chi connectivity index (χ1v) is 14.0. The van der Waals surface area contributed by atoms with Gasteiger partial charge in [-0.3, -0.25) is 0 Å². The second-order valence-electron chi connectivity index (χ2n) is 9.98. The molecule has 0 aromatic heterocycles. The van der Waals surface area contributed by atoms with Gasteiger partial charge in [-0.2, -0.15) is 0 Å². The lowest BCUT2D eigenvalue weighted by molar-refractivity contribution is -0.151. The van der Waals surface area contributed by atoms with E-state index < -0.39 is 24.1 Å².